The molecule has 0 aromatic rings. The Morgan fingerprint density at radius 3 is 2.29 bits per heavy atom. The Hall–Kier alpha value is -1.24. The van der Waals surface area contributed by atoms with E-state index in [1.54, 1.807) is 0 Å². The van der Waals surface area contributed by atoms with Gasteiger partial charge in [0.1, 0.15) is 0 Å². The molecule has 6 nitrogen and oxygen atoms in total. The van der Waals surface area contributed by atoms with Gasteiger partial charge in [-0.25, -0.2) is 0 Å². The molecule has 1 atom stereocenters. The van der Waals surface area contributed by atoms with Gasteiger partial charge >= 0.3 is 5.97 Å². The summed E-state index contributed by atoms with van der Waals surface area (Å²) in [5.41, 5.74) is 0. The van der Waals surface area contributed by atoms with Gasteiger partial charge in [-0.05, 0) is 44.9 Å². The van der Waals surface area contributed by atoms with Gasteiger partial charge in [0.15, 0.2) is 0 Å². The summed E-state index contributed by atoms with van der Waals surface area (Å²) in [6, 6.07) is 0.0424. The minimum atomic E-state index is -0.811. The highest BCUT2D eigenvalue weighted by molar-refractivity contribution is 8.00. The predicted octanol–water partition coefficient (Wildman–Crippen LogP) is 1.98. The SMILES string of the molecule is O=C(O)CCC1CCCCN1C(=O)CSCC(=O)N1CCCCC1. The van der Waals surface area contributed by atoms with E-state index in [0.29, 0.717) is 24.5 Å². The summed E-state index contributed by atoms with van der Waals surface area (Å²) in [4.78, 5) is 39.1. The van der Waals surface area contributed by atoms with Crippen LogP contribution in [0.3, 0.4) is 0 Å². The molecule has 2 amide bonds. The largest absolute Gasteiger partial charge is 0.481 e. The Morgan fingerprint density at radius 1 is 0.917 bits per heavy atom. The first kappa shape index (κ1) is 19.1. The summed E-state index contributed by atoms with van der Waals surface area (Å²) in [6.07, 6.45) is 6.90. The van der Waals surface area contributed by atoms with Crippen LogP contribution in [0.15, 0.2) is 0 Å². The molecule has 2 saturated heterocycles. The Morgan fingerprint density at radius 2 is 1.58 bits per heavy atom. The smallest absolute Gasteiger partial charge is 0.303 e. The molecule has 1 N–H and O–H groups in total. The molecule has 2 heterocycles. The number of carboxylic acid groups (broad SMARTS) is 1. The third-order valence-electron chi connectivity index (χ3n) is 4.80. The summed E-state index contributed by atoms with van der Waals surface area (Å²) in [5.74, 6) is 0.0345. The van der Waals surface area contributed by atoms with Crippen molar-refractivity contribution in [3.63, 3.8) is 0 Å². The highest BCUT2D eigenvalue weighted by atomic mass is 32.2. The number of carbonyl (C=O) groups excluding carboxylic acids is 2. The number of carboxylic acids is 1. The molecule has 2 rings (SSSR count). The molecule has 1 unspecified atom stereocenters. The van der Waals surface area contributed by atoms with E-state index in [2.05, 4.69) is 0 Å². The molecule has 2 fully saturated rings. The normalized spacial score (nSPS) is 21.6. The van der Waals surface area contributed by atoms with E-state index in [1.807, 2.05) is 9.80 Å². The maximum Gasteiger partial charge on any atom is 0.303 e. The van der Waals surface area contributed by atoms with Crippen molar-refractivity contribution >= 4 is 29.5 Å². The maximum absolute atomic E-state index is 12.4. The highest BCUT2D eigenvalue weighted by Gasteiger charge is 2.27. The first-order valence-electron chi connectivity index (χ1n) is 8.94. The van der Waals surface area contributed by atoms with Gasteiger partial charge < -0.3 is 14.9 Å². The molecular formula is C17H28N2O4S. The summed E-state index contributed by atoms with van der Waals surface area (Å²) in [5, 5.41) is 8.85. The Labute approximate surface area is 147 Å². The first-order chi connectivity index (χ1) is 11.6. The number of amides is 2. The fourth-order valence-corrected chi connectivity index (χ4v) is 4.26. The zero-order chi connectivity index (χ0) is 17.4. The van der Waals surface area contributed by atoms with Crippen molar-refractivity contribution in [3.8, 4) is 0 Å². The van der Waals surface area contributed by atoms with Gasteiger partial charge in [-0.2, -0.15) is 0 Å². The van der Waals surface area contributed by atoms with Gasteiger partial charge in [0.2, 0.25) is 11.8 Å². The third kappa shape index (κ3) is 6.00. The molecule has 2 aliphatic rings. The summed E-state index contributed by atoms with van der Waals surface area (Å²) >= 11 is 1.38. The lowest BCUT2D eigenvalue weighted by Crippen LogP contribution is -2.45. The molecule has 0 bridgehead atoms. The zero-order valence-electron chi connectivity index (χ0n) is 14.2. The van der Waals surface area contributed by atoms with Crippen molar-refractivity contribution in [2.45, 2.75) is 57.4 Å². The van der Waals surface area contributed by atoms with E-state index in [0.717, 1.165) is 45.2 Å². The number of likely N-dealkylation sites (tertiary alicyclic amines) is 2. The monoisotopic (exact) mass is 356 g/mol. The van der Waals surface area contributed by atoms with Crippen molar-refractivity contribution in [1.82, 2.24) is 9.80 Å². The van der Waals surface area contributed by atoms with Crippen LogP contribution in [0.25, 0.3) is 0 Å². The number of carbonyl (C=O) groups is 3. The number of thioether (sulfide) groups is 1. The summed E-state index contributed by atoms with van der Waals surface area (Å²) in [7, 11) is 0. The second kappa shape index (κ2) is 9.91. The number of nitrogens with zero attached hydrogens (tertiary/aromatic N) is 2. The van der Waals surface area contributed by atoms with E-state index in [4.69, 9.17) is 5.11 Å². The molecule has 0 spiro atoms. The number of aliphatic carboxylic acids is 1. The number of hydrogen-bond acceptors (Lipinski definition) is 4. The third-order valence-corrected chi connectivity index (χ3v) is 5.70. The molecule has 0 aromatic carbocycles. The molecule has 0 saturated carbocycles. The van der Waals surface area contributed by atoms with Crippen LogP contribution < -0.4 is 0 Å². The van der Waals surface area contributed by atoms with Gasteiger partial charge in [0, 0.05) is 32.1 Å². The number of rotatable bonds is 7. The van der Waals surface area contributed by atoms with Gasteiger partial charge in [-0.3, -0.25) is 14.4 Å². The van der Waals surface area contributed by atoms with E-state index in [-0.39, 0.29) is 24.3 Å². The molecule has 7 heteroatoms. The van der Waals surface area contributed by atoms with Gasteiger partial charge in [-0.1, -0.05) is 0 Å². The lowest BCUT2D eigenvalue weighted by atomic mass is 9.98. The number of piperidine rings is 2. The lowest BCUT2D eigenvalue weighted by Gasteiger charge is -2.35. The average Bonchev–Trinajstić information content (AvgIpc) is 2.60. The topological polar surface area (TPSA) is 77.9 Å². The van der Waals surface area contributed by atoms with Crippen LogP contribution in [-0.2, 0) is 14.4 Å². The van der Waals surface area contributed by atoms with Gasteiger partial charge in [0.05, 0.1) is 11.5 Å². The van der Waals surface area contributed by atoms with E-state index in [9.17, 15) is 14.4 Å². The van der Waals surface area contributed by atoms with E-state index >= 15 is 0 Å². The predicted molar refractivity (Wildman–Crippen MR) is 94.0 cm³/mol. The molecule has 0 aliphatic carbocycles. The van der Waals surface area contributed by atoms with Crippen LogP contribution in [0.1, 0.15) is 51.4 Å². The Balaban J connectivity index is 1.73. The van der Waals surface area contributed by atoms with Crippen LogP contribution >= 0.6 is 11.8 Å². The lowest BCUT2D eigenvalue weighted by molar-refractivity contribution is -0.139. The van der Waals surface area contributed by atoms with Crippen LogP contribution in [0.2, 0.25) is 0 Å². The molecule has 0 aromatic heterocycles. The van der Waals surface area contributed by atoms with Crippen molar-refractivity contribution in [3.05, 3.63) is 0 Å². The van der Waals surface area contributed by atoms with Crippen molar-refractivity contribution in [2.75, 3.05) is 31.1 Å². The number of hydrogen-bond donors (Lipinski definition) is 1. The first-order valence-corrected chi connectivity index (χ1v) is 10.1. The standard InChI is InChI=1S/C17H28N2O4S/c20-15(18-9-3-1-4-10-18)12-24-13-16(21)19-11-5-2-6-14(19)7-8-17(22)23/h14H,1-13H2,(H,22,23). The molecule has 0 radical (unpaired) electrons. The molecular weight excluding hydrogens is 328 g/mol. The second-order valence-electron chi connectivity index (χ2n) is 6.60. The zero-order valence-corrected chi connectivity index (χ0v) is 15.1. The fraction of sp³-hybridized carbons (Fsp3) is 0.824. The quantitative estimate of drug-likeness (QED) is 0.755. The second-order valence-corrected chi connectivity index (χ2v) is 7.59. The molecule has 136 valence electrons. The Bertz CT molecular complexity index is 452. The summed E-state index contributed by atoms with van der Waals surface area (Å²) in [6.45, 7) is 2.40. The van der Waals surface area contributed by atoms with Crippen LogP contribution in [0.4, 0.5) is 0 Å². The van der Waals surface area contributed by atoms with E-state index < -0.39 is 5.97 Å². The van der Waals surface area contributed by atoms with Crippen LogP contribution in [-0.4, -0.2) is 69.9 Å². The maximum atomic E-state index is 12.4. The van der Waals surface area contributed by atoms with Crippen LogP contribution in [0, 0.1) is 0 Å². The van der Waals surface area contributed by atoms with Gasteiger partial charge in [-0.15, -0.1) is 11.8 Å². The van der Waals surface area contributed by atoms with Crippen LogP contribution in [0.5, 0.6) is 0 Å². The van der Waals surface area contributed by atoms with Crippen molar-refractivity contribution in [1.29, 1.82) is 0 Å². The minimum absolute atomic E-state index is 0.0424. The highest BCUT2D eigenvalue weighted by Crippen LogP contribution is 2.22. The van der Waals surface area contributed by atoms with Crippen molar-refractivity contribution in [2.24, 2.45) is 0 Å². The Kier molecular flexibility index (Phi) is 7.88. The summed E-state index contributed by atoms with van der Waals surface area (Å²) < 4.78 is 0. The molecule has 2 aliphatic heterocycles. The average molecular weight is 356 g/mol. The minimum Gasteiger partial charge on any atom is -0.481 e. The van der Waals surface area contributed by atoms with E-state index in [1.165, 1.54) is 18.2 Å². The fourth-order valence-electron chi connectivity index (χ4n) is 3.46. The molecule has 24 heavy (non-hydrogen) atoms. The van der Waals surface area contributed by atoms with Gasteiger partial charge in [0.25, 0.3) is 0 Å². The van der Waals surface area contributed by atoms with Crippen molar-refractivity contribution < 1.29 is 19.5 Å².